The van der Waals surface area contributed by atoms with E-state index in [1.807, 2.05) is 0 Å². The van der Waals surface area contributed by atoms with Gasteiger partial charge in [-0.2, -0.15) is 4.98 Å². The van der Waals surface area contributed by atoms with Gasteiger partial charge in [-0.15, -0.1) is 10.2 Å². The number of carboxylic acid groups (broad SMARTS) is 1. The minimum Gasteiger partial charge on any atom is -0.478 e. The van der Waals surface area contributed by atoms with Crippen molar-refractivity contribution < 1.29 is 14.3 Å². The average molecular weight is 416 g/mol. The van der Waals surface area contributed by atoms with E-state index in [0.717, 1.165) is 0 Å². The highest BCUT2D eigenvalue weighted by Crippen LogP contribution is 2.32. The van der Waals surface area contributed by atoms with E-state index in [-0.39, 0.29) is 11.4 Å². The maximum Gasteiger partial charge on any atom is 0.335 e. The Kier molecular flexibility index (Phi) is 3.80. The largest absolute Gasteiger partial charge is 0.478 e. The average Bonchev–Trinajstić information content (AvgIpc) is 3.07. The monoisotopic (exact) mass is 415 g/mol. The van der Waals surface area contributed by atoms with Crippen LogP contribution in [-0.2, 0) is 0 Å². The lowest BCUT2D eigenvalue weighted by Crippen LogP contribution is -2.13. The van der Waals surface area contributed by atoms with Crippen LogP contribution in [-0.4, -0.2) is 37.7 Å². The molecule has 26 heavy (non-hydrogen) atoms. The molecule has 2 heterocycles. The summed E-state index contributed by atoms with van der Waals surface area (Å²) in [5.74, 6) is -0.594. The summed E-state index contributed by atoms with van der Waals surface area (Å²) in [5.41, 5.74) is 1.31. The number of hydrogen-bond donors (Lipinski definition) is 1. The fourth-order valence-electron chi connectivity index (χ4n) is 2.79. The molecule has 0 amide bonds. The van der Waals surface area contributed by atoms with E-state index in [1.54, 1.807) is 28.5 Å². The Balaban J connectivity index is 2.00. The molecule has 0 radical (unpaired) electrons. The number of benzene rings is 2. The van der Waals surface area contributed by atoms with E-state index < -0.39 is 5.97 Å². The molecule has 0 saturated heterocycles. The molecule has 0 aliphatic rings. The Bertz CT molecular complexity index is 1160. The number of anilines is 2. The summed E-state index contributed by atoms with van der Waals surface area (Å²) >= 11 is 3.28. The fraction of sp³-hybridized carbons (Fsp3) is 0.0588. The number of aromatic nitrogens is 4. The van der Waals surface area contributed by atoms with Gasteiger partial charge in [0.05, 0.1) is 11.1 Å². The molecule has 0 fully saturated rings. The number of aromatic carboxylic acids is 1. The van der Waals surface area contributed by atoms with Gasteiger partial charge >= 0.3 is 5.97 Å². The lowest BCUT2D eigenvalue weighted by molar-refractivity contribution is 0.0697. The summed E-state index contributed by atoms with van der Waals surface area (Å²) in [7, 11) is 1.75. The van der Waals surface area contributed by atoms with Crippen molar-refractivity contribution in [1.29, 1.82) is 0 Å². The molecular formula is C17H11BrFN5O2. The molecule has 0 atom stereocenters. The van der Waals surface area contributed by atoms with Crippen LogP contribution in [0, 0.1) is 5.82 Å². The van der Waals surface area contributed by atoms with Gasteiger partial charge < -0.3 is 10.0 Å². The minimum atomic E-state index is -1.03. The van der Waals surface area contributed by atoms with Crippen molar-refractivity contribution in [2.45, 2.75) is 0 Å². The second kappa shape index (κ2) is 6.03. The van der Waals surface area contributed by atoms with E-state index >= 15 is 0 Å². The number of rotatable bonds is 3. The first-order chi connectivity index (χ1) is 12.4. The van der Waals surface area contributed by atoms with Crippen LogP contribution in [0.3, 0.4) is 0 Å². The Morgan fingerprint density at radius 2 is 2.08 bits per heavy atom. The number of hydrogen-bond acceptors (Lipinski definition) is 5. The van der Waals surface area contributed by atoms with E-state index in [4.69, 9.17) is 0 Å². The molecule has 0 spiro atoms. The topological polar surface area (TPSA) is 83.6 Å². The molecule has 0 unspecified atom stereocenters. The van der Waals surface area contributed by atoms with Crippen molar-refractivity contribution in [3.8, 4) is 0 Å². The minimum absolute atomic E-state index is 0.140. The van der Waals surface area contributed by atoms with Gasteiger partial charge in [-0.25, -0.2) is 9.18 Å². The Labute approximate surface area is 154 Å². The summed E-state index contributed by atoms with van der Waals surface area (Å²) in [6.07, 6.45) is 1.47. The molecule has 1 N–H and O–H groups in total. The van der Waals surface area contributed by atoms with Gasteiger partial charge in [-0.3, -0.25) is 4.40 Å². The van der Waals surface area contributed by atoms with E-state index in [0.29, 0.717) is 32.7 Å². The quantitative estimate of drug-likeness (QED) is 0.549. The maximum absolute atomic E-state index is 13.8. The molecule has 130 valence electrons. The molecule has 4 aromatic rings. The van der Waals surface area contributed by atoms with Crippen LogP contribution in [0.15, 0.2) is 47.2 Å². The molecule has 2 aromatic carbocycles. The number of carbonyl (C=O) groups is 1. The Morgan fingerprint density at radius 1 is 1.27 bits per heavy atom. The Hall–Kier alpha value is -3.07. The summed E-state index contributed by atoms with van der Waals surface area (Å²) in [5, 5.41) is 17.8. The second-order valence-electron chi connectivity index (χ2n) is 5.66. The van der Waals surface area contributed by atoms with Crippen molar-refractivity contribution in [3.63, 3.8) is 0 Å². The highest BCUT2D eigenvalue weighted by Gasteiger charge is 2.17. The lowest BCUT2D eigenvalue weighted by atomic mass is 10.1. The van der Waals surface area contributed by atoms with Crippen LogP contribution in [0.25, 0.3) is 16.7 Å². The normalized spacial score (nSPS) is 11.2. The van der Waals surface area contributed by atoms with Gasteiger partial charge in [0.25, 0.3) is 5.78 Å². The number of halogens is 2. The van der Waals surface area contributed by atoms with Crippen molar-refractivity contribution in [2.75, 3.05) is 11.9 Å². The van der Waals surface area contributed by atoms with Gasteiger partial charge in [-0.05, 0) is 36.4 Å². The van der Waals surface area contributed by atoms with Gasteiger partial charge in [0.1, 0.15) is 18.0 Å². The van der Waals surface area contributed by atoms with Crippen molar-refractivity contribution in [2.24, 2.45) is 0 Å². The predicted molar refractivity (Wildman–Crippen MR) is 97.4 cm³/mol. The number of carboxylic acids is 1. The molecule has 0 bridgehead atoms. The zero-order valence-electron chi connectivity index (χ0n) is 13.4. The predicted octanol–water partition coefficient (Wildman–Crippen LogP) is 3.65. The van der Waals surface area contributed by atoms with Crippen molar-refractivity contribution in [1.82, 2.24) is 19.6 Å². The third-order valence-electron chi connectivity index (χ3n) is 4.03. The van der Waals surface area contributed by atoms with Gasteiger partial charge in [0.15, 0.2) is 0 Å². The smallest absolute Gasteiger partial charge is 0.335 e. The first kappa shape index (κ1) is 16.4. The zero-order valence-corrected chi connectivity index (χ0v) is 15.0. The molecule has 7 nitrogen and oxygen atoms in total. The SMILES string of the molecule is CN(c1cc(F)cc(Br)c1)c1nc2nncn2c2cc(C(=O)O)ccc12. The van der Waals surface area contributed by atoms with Crippen molar-refractivity contribution in [3.05, 3.63) is 58.6 Å². The summed E-state index contributed by atoms with van der Waals surface area (Å²) in [6.45, 7) is 0. The first-order valence-electron chi connectivity index (χ1n) is 7.50. The van der Waals surface area contributed by atoms with Crippen molar-refractivity contribution >= 4 is 50.1 Å². The lowest BCUT2D eigenvalue weighted by Gasteiger charge is -2.21. The third kappa shape index (κ3) is 2.66. The summed E-state index contributed by atoms with van der Waals surface area (Å²) < 4.78 is 16.0. The molecule has 0 saturated carbocycles. The van der Waals surface area contributed by atoms with Gasteiger partial charge in [0, 0.05) is 22.6 Å². The molecular weight excluding hydrogens is 405 g/mol. The molecule has 9 heteroatoms. The van der Waals surface area contributed by atoms with Crippen LogP contribution in [0.1, 0.15) is 10.4 Å². The van der Waals surface area contributed by atoms with Crippen LogP contribution in [0.4, 0.5) is 15.9 Å². The molecule has 2 aromatic heterocycles. The second-order valence-corrected chi connectivity index (χ2v) is 6.58. The maximum atomic E-state index is 13.8. The Morgan fingerprint density at radius 3 is 2.81 bits per heavy atom. The highest BCUT2D eigenvalue weighted by molar-refractivity contribution is 9.10. The zero-order chi connectivity index (χ0) is 18.4. The van der Waals surface area contributed by atoms with Crippen LogP contribution >= 0.6 is 15.9 Å². The van der Waals surface area contributed by atoms with E-state index in [1.165, 1.54) is 30.6 Å². The number of fused-ring (bicyclic) bond motifs is 3. The van der Waals surface area contributed by atoms with Crippen LogP contribution in [0.5, 0.6) is 0 Å². The fourth-order valence-corrected chi connectivity index (χ4v) is 3.25. The number of nitrogens with zero attached hydrogens (tertiary/aromatic N) is 5. The summed E-state index contributed by atoms with van der Waals surface area (Å²) in [6, 6.07) is 9.22. The molecule has 0 aliphatic carbocycles. The first-order valence-corrected chi connectivity index (χ1v) is 8.30. The van der Waals surface area contributed by atoms with E-state index in [2.05, 4.69) is 31.1 Å². The van der Waals surface area contributed by atoms with Crippen LogP contribution < -0.4 is 4.90 Å². The highest BCUT2D eigenvalue weighted by atomic mass is 79.9. The summed E-state index contributed by atoms with van der Waals surface area (Å²) in [4.78, 5) is 17.5. The van der Waals surface area contributed by atoms with Gasteiger partial charge in [-0.1, -0.05) is 15.9 Å². The van der Waals surface area contributed by atoms with E-state index in [9.17, 15) is 14.3 Å². The van der Waals surface area contributed by atoms with Gasteiger partial charge in [0.2, 0.25) is 0 Å². The van der Waals surface area contributed by atoms with Crippen LogP contribution in [0.2, 0.25) is 0 Å². The standard InChI is InChI=1S/C17H11BrFN5O2/c1-23(12-6-10(18)5-11(19)7-12)15-13-3-2-9(16(25)26)4-14(13)24-8-20-22-17(24)21-15/h2-8H,1H3,(H,25,26). The molecule has 4 rings (SSSR count). The third-order valence-corrected chi connectivity index (χ3v) is 4.49. The molecule has 0 aliphatic heterocycles.